The van der Waals surface area contributed by atoms with Gasteiger partial charge in [-0.15, -0.1) is 0 Å². The SMILES string of the molecule is N#CB1CCN2c3ncc(C(F)(F)F)cc3NC(=O)CC2C1. The van der Waals surface area contributed by atoms with Crippen molar-refractivity contribution >= 4 is 24.1 Å². The first-order chi connectivity index (χ1) is 10.4. The highest BCUT2D eigenvalue weighted by Crippen LogP contribution is 2.38. The van der Waals surface area contributed by atoms with Crippen LogP contribution in [-0.4, -0.2) is 30.2 Å². The highest BCUT2D eigenvalue weighted by atomic mass is 19.4. The number of carbonyl (C=O) groups excluding carboxylic acids is 1. The van der Waals surface area contributed by atoms with Crippen molar-refractivity contribution in [2.75, 3.05) is 16.8 Å². The first-order valence-electron chi connectivity index (χ1n) is 6.92. The third kappa shape index (κ3) is 2.61. The second-order valence-electron chi connectivity index (χ2n) is 5.54. The van der Waals surface area contributed by atoms with Crippen LogP contribution in [0.15, 0.2) is 12.3 Å². The summed E-state index contributed by atoms with van der Waals surface area (Å²) in [6.07, 6.45) is -2.44. The zero-order valence-corrected chi connectivity index (χ0v) is 11.5. The van der Waals surface area contributed by atoms with Gasteiger partial charge in [0.15, 0.2) is 5.82 Å². The Hall–Kier alpha value is -2.24. The molecule has 1 aromatic rings. The van der Waals surface area contributed by atoms with Gasteiger partial charge in [-0.2, -0.15) is 13.2 Å². The third-order valence-corrected chi connectivity index (χ3v) is 4.06. The predicted molar refractivity (Wildman–Crippen MR) is 74.6 cm³/mol. The molecule has 22 heavy (non-hydrogen) atoms. The number of fused-ring (bicyclic) bond motifs is 3. The highest BCUT2D eigenvalue weighted by Gasteiger charge is 2.38. The van der Waals surface area contributed by atoms with Gasteiger partial charge in [-0.3, -0.25) is 4.79 Å². The lowest BCUT2D eigenvalue weighted by Crippen LogP contribution is -2.45. The van der Waals surface area contributed by atoms with Crippen LogP contribution in [0.1, 0.15) is 12.0 Å². The molecule has 0 aliphatic carbocycles. The molecule has 5 nitrogen and oxygen atoms in total. The number of anilines is 2. The topological polar surface area (TPSA) is 69.0 Å². The predicted octanol–water partition coefficient (Wildman–Crippen LogP) is 2.19. The number of rotatable bonds is 0. The molecule has 1 aromatic heterocycles. The number of nitrogens with zero attached hydrogens (tertiary/aromatic N) is 3. The Bertz CT molecular complexity index is 658. The van der Waals surface area contributed by atoms with E-state index in [2.05, 4.69) is 16.3 Å². The molecule has 1 amide bonds. The Labute approximate surface area is 125 Å². The van der Waals surface area contributed by atoms with Crippen molar-refractivity contribution < 1.29 is 18.0 Å². The van der Waals surface area contributed by atoms with Crippen LogP contribution in [0, 0.1) is 11.2 Å². The normalized spacial score (nSPS) is 21.4. The number of amides is 1. The average molecular weight is 308 g/mol. The van der Waals surface area contributed by atoms with E-state index >= 15 is 0 Å². The minimum Gasteiger partial charge on any atom is -0.353 e. The molecule has 0 aromatic carbocycles. The van der Waals surface area contributed by atoms with Crippen LogP contribution in [-0.2, 0) is 11.0 Å². The van der Waals surface area contributed by atoms with E-state index in [1.807, 2.05) is 4.90 Å². The molecule has 9 heteroatoms. The van der Waals surface area contributed by atoms with E-state index in [1.165, 1.54) is 0 Å². The smallest absolute Gasteiger partial charge is 0.353 e. The Morgan fingerprint density at radius 2 is 2.27 bits per heavy atom. The van der Waals surface area contributed by atoms with Gasteiger partial charge < -0.3 is 10.2 Å². The molecule has 1 N–H and O–H groups in total. The molecule has 0 radical (unpaired) electrons. The molecule has 1 unspecified atom stereocenters. The van der Waals surface area contributed by atoms with Gasteiger partial charge in [-0.25, -0.2) is 10.2 Å². The van der Waals surface area contributed by atoms with Gasteiger partial charge in [-0.05, 0) is 18.7 Å². The van der Waals surface area contributed by atoms with Crippen LogP contribution in [0.2, 0.25) is 12.6 Å². The van der Waals surface area contributed by atoms with Crippen molar-refractivity contribution in [3.63, 3.8) is 0 Å². The van der Waals surface area contributed by atoms with Gasteiger partial charge in [0.25, 0.3) is 6.71 Å². The highest BCUT2D eigenvalue weighted by molar-refractivity contribution is 6.67. The lowest BCUT2D eigenvalue weighted by molar-refractivity contribution is -0.137. The minimum absolute atomic E-state index is 0.0812. The van der Waals surface area contributed by atoms with Gasteiger partial charge in [0.2, 0.25) is 5.91 Å². The molecule has 0 saturated carbocycles. The fraction of sp³-hybridized carbons (Fsp3) is 0.462. The largest absolute Gasteiger partial charge is 0.417 e. The molecule has 1 atom stereocenters. The Kier molecular flexibility index (Phi) is 3.47. The van der Waals surface area contributed by atoms with Crippen molar-refractivity contribution in [2.24, 2.45) is 0 Å². The quantitative estimate of drug-likeness (QED) is 0.746. The van der Waals surface area contributed by atoms with Crippen LogP contribution in [0.5, 0.6) is 0 Å². The van der Waals surface area contributed by atoms with Crippen molar-refractivity contribution in [1.82, 2.24) is 4.98 Å². The number of carbonyl (C=O) groups is 1. The fourth-order valence-corrected chi connectivity index (χ4v) is 2.99. The third-order valence-electron chi connectivity index (χ3n) is 4.06. The molecule has 0 spiro atoms. The number of nitrogens with one attached hydrogen (secondary N) is 1. The average Bonchev–Trinajstić information content (AvgIpc) is 2.59. The van der Waals surface area contributed by atoms with E-state index in [0.717, 1.165) is 12.3 Å². The van der Waals surface area contributed by atoms with Crippen LogP contribution in [0.3, 0.4) is 0 Å². The molecule has 2 aliphatic heterocycles. The van der Waals surface area contributed by atoms with E-state index < -0.39 is 11.7 Å². The molecule has 1 fully saturated rings. The lowest BCUT2D eigenvalue weighted by Gasteiger charge is -2.36. The minimum atomic E-state index is -4.51. The summed E-state index contributed by atoms with van der Waals surface area (Å²) in [4.78, 5) is 17.7. The number of pyridine rings is 1. The van der Waals surface area contributed by atoms with E-state index in [1.54, 1.807) is 0 Å². The van der Waals surface area contributed by atoms with Gasteiger partial charge in [0.1, 0.15) is 0 Å². The lowest BCUT2D eigenvalue weighted by atomic mass is 9.43. The van der Waals surface area contributed by atoms with Gasteiger partial charge in [0.05, 0.1) is 11.3 Å². The monoisotopic (exact) mass is 308 g/mol. The van der Waals surface area contributed by atoms with Gasteiger partial charge >= 0.3 is 6.18 Å². The summed E-state index contributed by atoms with van der Waals surface area (Å²) < 4.78 is 38.4. The summed E-state index contributed by atoms with van der Waals surface area (Å²) in [5.74, 6) is 2.19. The maximum Gasteiger partial charge on any atom is 0.417 e. The van der Waals surface area contributed by atoms with E-state index in [-0.39, 0.29) is 30.8 Å². The van der Waals surface area contributed by atoms with Crippen LogP contribution in [0.4, 0.5) is 24.7 Å². The summed E-state index contributed by atoms with van der Waals surface area (Å²) in [6.45, 7) is 0.369. The number of hydrogen-bond donors (Lipinski definition) is 1. The fourth-order valence-electron chi connectivity index (χ4n) is 2.99. The molecular formula is C13H12BF3N4O. The van der Waals surface area contributed by atoms with Crippen molar-refractivity contribution in [3.05, 3.63) is 17.8 Å². The molecule has 2 aliphatic rings. The molecule has 1 saturated heterocycles. The number of halogens is 3. The summed E-state index contributed by atoms with van der Waals surface area (Å²) in [7, 11) is 0. The van der Waals surface area contributed by atoms with Gasteiger partial charge in [0, 0.05) is 31.2 Å². The Morgan fingerprint density at radius 1 is 1.50 bits per heavy atom. The van der Waals surface area contributed by atoms with Crippen molar-refractivity contribution in [2.45, 2.75) is 31.3 Å². The maximum absolute atomic E-state index is 12.8. The number of hydrogen-bond acceptors (Lipinski definition) is 4. The zero-order chi connectivity index (χ0) is 15.9. The Morgan fingerprint density at radius 3 is 2.95 bits per heavy atom. The molecule has 114 valence electrons. The van der Waals surface area contributed by atoms with E-state index in [4.69, 9.17) is 5.26 Å². The second kappa shape index (κ2) is 5.19. The summed E-state index contributed by atoms with van der Waals surface area (Å²) >= 11 is 0. The molecule has 3 rings (SSSR count). The second-order valence-corrected chi connectivity index (χ2v) is 5.54. The molecule has 0 bridgehead atoms. The van der Waals surface area contributed by atoms with Crippen LogP contribution >= 0.6 is 0 Å². The zero-order valence-electron chi connectivity index (χ0n) is 11.5. The number of alkyl halides is 3. The van der Waals surface area contributed by atoms with E-state index in [0.29, 0.717) is 25.0 Å². The summed E-state index contributed by atoms with van der Waals surface area (Å²) in [5, 5.41) is 11.5. The molecular weight excluding hydrogens is 296 g/mol. The first-order valence-corrected chi connectivity index (χ1v) is 6.92. The maximum atomic E-state index is 12.8. The summed E-state index contributed by atoms with van der Waals surface area (Å²) in [6, 6.07) is 0.711. The van der Waals surface area contributed by atoms with Crippen LogP contribution < -0.4 is 10.2 Å². The Balaban J connectivity index is 2.00. The van der Waals surface area contributed by atoms with Crippen LogP contribution in [0.25, 0.3) is 0 Å². The first kappa shape index (κ1) is 14.7. The van der Waals surface area contributed by atoms with Gasteiger partial charge in [-0.1, -0.05) is 0 Å². The van der Waals surface area contributed by atoms with Crippen molar-refractivity contribution in [3.8, 4) is 5.97 Å². The summed E-state index contributed by atoms with van der Waals surface area (Å²) in [5.41, 5.74) is -0.811. The standard InChI is InChI=1S/C13H12BF3N4O/c15-13(16,17)8-3-10-12(19-6-8)21-2-1-14(7-18)5-9(21)4-11(22)20-10/h3,6,9H,1-2,4-5H2,(H,20,22). The van der Waals surface area contributed by atoms with Crippen molar-refractivity contribution in [1.29, 1.82) is 5.26 Å². The number of nitriles is 1. The number of aromatic nitrogens is 1. The molecule has 3 heterocycles. The van der Waals surface area contributed by atoms with E-state index in [9.17, 15) is 18.0 Å².